The van der Waals surface area contributed by atoms with Crippen LogP contribution in [0.2, 0.25) is 0 Å². The van der Waals surface area contributed by atoms with Gasteiger partial charge in [-0.15, -0.1) is 0 Å². The number of benzene rings is 1. The van der Waals surface area contributed by atoms with E-state index in [1.165, 1.54) is 0 Å². The first-order valence-electron chi connectivity index (χ1n) is 9.57. The molecule has 4 heterocycles. The predicted molar refractivity (Wildman–Crippen MR) is 100 cm³/mol. The second-order valence-electron chi connectivity index (χ2n) is 7.63. The van der Waals surface area contributed by atoms with E-state index >= 15 is 0 Å². The average Bonchev–Trinajstić information content (AvgIpc) is 3.32. The van der Waals surface area contributed by atoms with E-state index in [4.69, 9.17) is 4.52 Å². The van der Waals surface area contributed by atoms with E-state index in [-0.39, 0.29) is 11.8 Å². The van der Waals surface area contributed by atoms with Crippen LogP contribution < -0.4 is 0 Å². The number of hydrogen-bond acceptors (Lipinski definition) is 4. The fraction of sp³-hybridized carbons (Fsp3) is 0.381. The maximum atomic E-state index is 13.1. The number of aromatic amines is 1. The van der Waals surface area contributed by atoms with Gasteiger partial charge in [-0.2, -0.15) is 4.98 Å². The topological polar surface area (TPSA) is 75.0 Å². The third kappa shape index (κ3) is 2.85. The van der Waals surface area contributed by atoms with Crippen LogP contribution in [-0.4, -0.2) is 38.5 Å². The van der Waals surface area contributed by atoms with Gasteiger partial charge in [-0.1, -0.05) is 23.4 Å². The molecular weight excluding hydrogens is 340 g/mol. The molecule has 6 heteroatoms. The molecule has 0 radical (unpaired) electrons. The summed E-state index contributed by atoms with van der Waals surface area (Å²) in [5.41, 5.74) is 3.99. The molecule has 1 amide bonds. The molecule has 3 aromatic rings. The maximum absolute atomic E-state index is 13.1. The van der Waals surface area contributed by atoms with Crippen molar-refractivity contribution in [3.63, 3.8) is 0 Å². The van der Waals surface area contributed by atoms with Gasteiger partial charge in [0.2, 0.25) is 11.7 Å². The highest BCUT2D eigenvalue weighted by molar-refractivity contribution is 5.96. The number of amides is 1. The molecule has 2 aliphatic rings. The van der Waals surface area contributed by atoms with E-state index in [0.29, 0.717) is 24.3 Å². The lowest BCUT2D eigenvalue weighted by Crippen LogP contribution is -2.45. The average molecular weight is 362 g/mol. The molecule has 6 nitrogen and oxygen atoms in total. The van der Waals surface area contributed by atoms with Crippen molar-refractivity contribution < 1.29 is 9.32 Å². The van der Waals surface area contributed by atoms with Gasteiger partial charge in [0.05, 0.1) is 11.6 Å². The van der Waals surface area contributed by atoms with Crippen molar-refractivity contribution >= 4 is 5.91 Å². The molecule has 27 heavy (non-hydrogen) atoms. The molecule has 0 bridgehead atoms. The lowest BCUT2D eigenvalue weighted by molar-refractivity contribution is 0.0570. The minimum absolute atomic E-state index is 0.0905. The summed E-state index contributed by atoms with van der Waals surface area (Å²) in [7, 11) is 0. The summed E-state index contributed by atoms with van der Waals surface area (Å²) in [6.07, 6.45) is 5.85. The molecule has 2 aromatic heterocycles. The fourth-order valence-corrected chi connectivity index (χ4v) is 4.34. The van der Waals surface area contributed by atoms with Crippen LogP contribution in [0.5, 0.6) is 0 Å². The summed E-state index contributed by atoms with van der Waals surface area (Å²) >= 11 is 0. The van der Waals surface area contributed by atoms with Crippen molar-refractivity contribution in [2.75, 3.05) is 6.54 Å². The van der Waals surface area contributed by atoms with E-state index in [0.717, 1.165) is 48.1 Å². The number of H-pyrrole nitrogens is 1. The molecule has 0 saturated carbocycles. The summed E-state index contributed by atoms with van der Waals surface area (Å²) in [5.74, 6) is 1.43. The minimum atomic E-state index is 0.0905. The van der Waals surface area contributed by atoms with Gasteiger partial charge in [-0.25, -0.2) is 0 Å². The molecule has 2 atom stereocenters. The highest BCUT2D eigenvalue weighted by atomic mass is 16.5. The van der Waals surface area contributed by atoms with Gasteiger partial charge in [-0.3, -0.25) is 4.79 Å². The lowest BCUT2D eigenvalue weighted by Gasteiger charge is -2.37. The van der Waals surface area contributed by atoms with Crippen LogP contribution in [0.25, 0.3) is 11.5 Å². The Hall–Kier alpha value is -2.89. The van der Waals surface area contributed by atoms with E-state index in [1.807, 2.05) is 42.3 Å². The third-order valence-electron chi connectivity index (χ3n) is 5.82. The Morgan fingerprint density at radius 3 is 2.96 bits per heavy atom. The molecule has 1 fully saturated rings. The number of aryl methyl sites for hydroxylation is 2. The van der Waals surface area contributed by atoms with Crippen molar-refractivity contribution in [3.05, 3.63) is 59.1 Å². The number of aromatic nitrogens is 3. The number of nitrogens with zero attached hydrogens (tertiary/aromatic N) is 3. The molecule has 1 N–H and O–H groups in total. The van der Waals surface area contributed by atoms with Gasteiger partial charge in [0.15, 0.2) is 0 Å². The first-order valence-corrected chi connectivity index (χ1v) is 9.57. The monoisotopic (exact) mass is 362 g/mol. The molecule has 2 aliphatic heterocycles. The molecule has 1 aromatic carbocycles. The number of carbonyl (C=O) groups is 1. The van der Waals surface area contributed by atoms with Gasteiger partial charge in [0.25, 0.3) is 5.91 Å². The number of fused-ring (bicyclic) bond motifs is 2. The molecule has 0 aliphatic carbocycles. The second-order valence-corrected chi connectivity index (χ2v) is 7.63. The van der Waals surface area contributed by atoms with Crippen molar-refractivity contribution in [1.29, 1.82) is 0 Å². The Balaban J connectivity index is 1.40. The van der Waals surface area contributed by atoms with Crippen LogP contribution >= 0.6 is 0 Å². The predicted octanol–water partition coefficient (Wildman–Crippen LogP) is 3.71. The molecule has 0 spiro atoms. The van der Waals surface area contributed by atoms with E-state index < -0.39 is 0 Å². The largest absolute Gasteiger partial charge is 0.358 e. The number of piperidine rings is 1. The lowest BCUT2D eigenvalue weighted by atomic mass is 9.90. The third-order valence-corrected chi connectivity index (χ3v) is 5.82. The molecule has 1 saturated heterocycles. The van der Waals surface area contributed by atoms with Gasteiger partial charge >= 0.3 is 0 Å². The van der Waals surface area contributed by atoms with Crippen molar-refractivity contribution in [1.82, 2.24) is 20.0 Å². The van der Waals surface area contributed by atoms with Gasteiger partial charge < -0.3 is 14.4 Å². The molecule has 5 rings (SSSR count). The van der Waals surface area contributed by atoms with E-state index in [1.54, 1.807) is 0 Å². The Bertz CT molecular complexity index is 989. The number of hydrogen-bond donors (Lipinski definition) is 1. The van der Waals surface area contributed by atoms with Crippen molar-refractivity contribution in [3.8, 4) is 11.5 Å². The second kappa shape index (κ2) is 6.37. The Labute approximate surface area is 157 Å². The van der Waals surface area contributed by atoms with E-state index in [2.05, 4.69) is 21.2 Å². The molecular formula is C21H22N4O2. The van der Waals surface area contributed by atoms with Gasteiger partial charge in [0, 0.05) is 24.3 Å². The van der Waals surface area contributed by atoms with E-state index in [9.17, 15) is 4.79 Å². The molecule has 0 unspecified atom stereocenters. The highest BCUT2D eigenvalue weighted by Crippen LogP contribution is 2.35. The van der Waals surface area contributed by atoms with Crippen LogP contribution in [0.3, 0.4) is 0 Å². The van der Waals surface area contributed by atoms with Crippen molar-refractivity contribution in [2.24, 2.45) is 0 Å². The SMILES string of the molecule is Cc1c[nH]c(-c2noc([C@H]3CC[C@H]4CCc5ccccc5C(=O)N4C3)n2)c1. The van der Waals surface area contributed by atoms with Crippen LogP contribution in [0.15, 0.2) is 41.1 Å². The van der Waals surface area contributed by atoms with Crippen LogP contribution in [0.4, 0.5) is 0 Å². The summed E-state index contributed by atoms with van der Waals surface area (Å²) < 4.78 is 5.56. The Morgan fingerprint density at radius 2 is 2.11 bits per heavy atom. The van der Waals surface area contributed by atoms with Crippen LogP contribution in [0, 0.1) is 6.92 Å². The maximum Gasteiger partial charge on any atom is 0.254 e. The Morgan fingerprint density at radius 1 is 1.22 bits per heavy atom. The standard InChI is InChI=1S/C21H22N4O2/c1-13-10-18(22-11-13)19-23-20(27-24-19)15-7-9-16-8-6-14-4-2-3-5-17(14)21(26)25(16)12-15/h2-5,10-11,15-16,22H,6-9,12H2,1H3/t15-,16+/m0/s1. The zero-order valence-electron chi connectivity index (χ0n) is 15.3. The first-order chi connectivity index (χ1) is 13.2. The van der Waals surface area contributed by atoms with Crippen molar-refractivity contribution in [2.45, 2.75) is 44.6 Å². The number of nitrogens with one attached hydrogen (secondary N) is 1. The van der Waals surface area contributed by atoms with Crippen LogP contribution in [-0.2, 0) is 6.42 Å². The summed E-state index contributed by atoms with van der Waals surface area (Å²) in [6, 6.07) is 10.3. The highest BCUT2D eigenvalue weighted by Gasteiger charge is 2.37. The smallest absolute Gasteiger partial charge is 0.254 e. The van der Waals surface area contributed by atoms with Gasteiger partial charge in [0.1, 0.15) is 0 Å². The summed E-state index contributed by atoms with van der Waals surface area (Å²) in [5, 5.41) is 4.13. The summed E-state index contributed by atoms with van der Waals surface area (Å²) in [4.78, 5) is 22.9. The zero-order chi connectivity index (χ0) is 18.4. The minimum Gasteiger partial charge on any atom is -0.358 e. The number of rotatable bonds is 2. The Kier molecular flexibility index (Phi) is 3.85. The fourth-order valence-electron chi connectivity index (χ4n) is 4.34. The van der Waals surface area contributed by atoms with Crippen LogP contribution in [0.1, 0.15) is 52.6 Å². The number of carbonyl (C=O) groups excluding carboxylic acids is 1. The zero-order valence-corrected chi connectivity index (χ0v) is 15.3. The molecule has 138 valence electrons. The normalized spacial score (nSPS) is 22.3. The quantitative estimate of drug-likeness (QED) is 0.754. The van der Waals surface area contributed by atoms with Gasteiger partial charge in [-0.05, 0) is 55.9 Å². The summed E-state index contributed by atoms with van der Waals surface area (Å²) in [6.45, 7) is 2.66. The first kappa shape index (κ1) is 16.3.